The molecule has 0 spiro atoms. The second kappa shape index (κ2) is 4.24. The quantitative estimate of drug-likeness (QED) is 0.604. The number of Topliss-reactive ketones (excluding diaryl/α,β-unsaturated/α-hetero) is 1. The van der Waals surface area contributed by atoms with Gasteiger partial charge in [-0.1, -0.05) is 6.92 Å². The predicted molar refractivity (Wildman–Crippen MR) is 45.7 cm³/mol. The van der Waals surface area contributed by atoms with Crippen LogP contribution in [0.2, 0.25) is 0 Å². The Morgan fingerprint density at radius 1 is 1.42 bits per heavy atom. The molecule has 1 unspecified atom stereocenters. The van der Waals surface area contributed by atoms with Gasteiger partial charge in [0.1, 0.15) is 5.78 Å². The van der Waals surface area contributed by atoms with Crippen molar-refractivity contribution in [2.75, 3.05) is 7.11 Å². The van der Waals surface area contributed by atoms with E-state index in [1.54, 1.807) is 6.92 Å². The van der Waals surface area contributed by atoms with Crippen molar-refractivity contribution in [3.8, 4) is 0 Å². The summed E-state index contributed by atoms with van der Waals surface area (Å²) in [5, 5.41) is 0. The van der Waals surface area contributed by atoms with Crippen LogP contribution in [0.1, 0.15) is 33.6 Å². The normalized spacial score (nSPS) is 15.0. The van der Waals surface area contributed by atoms with Crippen molar-refractivity contribution in [3.05, 3.63) is 0 Å². The highest BCUT2D eigenvalue weighted by atomic mass is 16.5. The third-order valence-electron chi connectivity index (χ3n) is 2.10. The topological polar surface area (TPSA) is 43.4 Å². The van der Waals surface area contributed by atoms with E-state index < -0.39 is 5.41 Å². The zero-order valence-electron chi connectivity index (χ0n) is 8.14. The molecule has 70 valence electrons. The standard InChI is InChI=1S/C9H16O3/c1-5-9(3,6-7(2)10)8(11)12-4/h5-6H2,1-4H3. The summed E-state index contributed by atoms with van der Waals surface area (Å²) in [4.78, 5) is 22.1. The van der Waals surface area contributed by atoms with Gasteiger partial charge in [0.25, 0.3) is 0 Å². The van der Waals surface area contributed by atoms with Crippen LogP contribution in [-0.4, -0.2) is 18.9 Å². The summed E-state index contributed by atoms with van der Waals surface area (Å²) in [7, 11) is 1.34. The summed E-state index contributed by atoms with van der Waals surface area (Å²) >= 11 is 0. The molecule has 0 radical (unpaired) electrons. The average Bonchev–Trinajstić information content (AvgIpc) is 2.01. The lowest BCUT2D eigenvalue weighted by Crippen LogP contribution is -2.30. The molecule has 0 saturated carbocycles. The zero-order valence-corrected chi connectivity index (χ0v) is 8.14. The molecule has 12 heavy (non-hydrogen) atoms. The molecule has 3 heteroatoms. The van der Waals surface area contributed by atoms with Crippen molar-refractivity contribution in [2.45, 2.75) is 33.6 Å². The van der Waals surface area contributed by atoms with E-state index in [1.807, 2.05) is 6.92 Å². The van der Waals surface area contributed by atoms with Crippen molar-refractivity contribution in [3.63, 3.8) is 0 Å². The first-order chi connectivity index (χ1) is 5.46. The van der Waals surface area contributed by atoms with Crippen LogP contribution in [0.25, 0.3) is 0 Å². The summed E-state index contributed by atoms with van der Waals surface area (Å²) in [5.74, 6) is -0.287. The molecule has 0 heterocycles. The Balaban J connectivity index is 4.44. The summed E-state index contributed by atoms with van der Waals surface area (Å²) in [6.07, 6.45) is 0.884. The van der Waals surface area contributed by atoms with E-state index in [2.05, 4.69) is 4.74 Å². The summed E-state index contributed by atoms with van der Waals surface area (Å²) < 4.78 is 4.62. The van der Waals surface area contributed by atoms with Crippen molar-refractivity contribution in [1.82, 2.24) is 0 Å². The van der Waals surface area contributed by atoms with E-state index in [-0.39, 0.29) is 18.2 Å². The van der Waals surface area contributed by atoms with Gasteiger partial charge in [0, 0.05) is 6.42 Å². The molecule has 0 aromatic rings. The molecule has 1 atom stereocenters. The van der Waals surface area contributed by atoms with E-state index in [9.17, 15) is 9.59 Å². The van der Waals surface area contributed by atoms with Gasteiger partial charge in [-0.05, 0) is 20.3 Å². The molecular weight excluding hydrogens is 156 g/mol. The maximum absolute atomic E-state index is 11.2. The van der Waals surface area contributed by atoms with Crippen molar-refractivity contribution < 1.29 is 14.3 Å². The van der Waals surface area contributed by atoms with Gasteiger partial charge in [0.05, 0.1) is 12.5 Å². The van der Waals surface area contributed by atoms with Gasteiger partial charge in [0.15, 0.2) is 0 Å². The van der Waals surface area contributed by atoms with Crippen LogP contribution < -0.4 is 0 Å². The number of carbonyl (C=O) groups excluding carboxylic acids is 2. The molecule has 0 aliphatic heterocycles. The number of methoxy groups -OCH3 is 1. The van der Waals surface area contributed by atoms with Gasteiger partial charge in [-0.3, -0.25) is 9.59 Å². The second-order valence-electron chi connectivity index (χ2n) is 3.28. The number of esters is 1. The smallest absolute Gasteiger partial charge is 0.311 e. The SMILES string of the molecule is CCC(C)(CC(C)=O)C(=O)OC. The minimum Gasteiger partial charge on any atom is -0.469 e. The van der Waals surface area contributed by atoms with Crippen LogP contribution in [0.5, 0.6) is 0 Å². The van der Waals surface area contributed by atoms with Crippen LogP contribution >= 0.6 is 0 Å². The molecule has 0 rings (SSSR count). The van der Waals surface area contributed by atoms with Crippen molar-refractivity contribution >= 4 is 11.8 Å². The van der Waals surface area contributed by atoms with Gasteiger partial charge >= 0.3 is 5.97 Å². The van der Waals surface area contributed by atoms with Gasteiger partial charge < -0.3 is 4.74 Å². The number of carbonyl (C=O) groups is 2. The fourth-order valence-electron chi connectivity index (χ4n) is 1.14. The molecule has 0 aromatic heterocycles. The fourth-order valence-corrected chi connectivity index (χ4v) is 1.14. The molecule has 3 nitrogen and oxygen atoms in total. The number of ether oxygens (including phenoxy) is 1. The van der Waals surface area contributed by atoms with Gasteiger partial charge in [0.2, 0.25) is 0 Å². The molecule has 0 N–H and O–H groups in total. The monoisotopic (exact) mass is 172 g/mol. The van der Waals surface area contributed by atoms with E-state index in [0.717, 1.165) is 0 Å². The lowest BCUT2D eigenvalue weighted by atomic mass is 9.83. The van der Waals surface area contributed by atoms with Crippen LogP contribution in [0.3, 0.4) is 0 Å². The van der Waals surface area contributed by atoms with Crippen molar-refractivity contribution in [1.29, 1.82) is 0 Å². The van der Waals surface area contributed by atoms with E-state index >= 15 is 0 Å². The Kier molecular flexibility index (Phi) is 3.93. The van der Waals surface area contributed by atoms with Gasteiger partial charge in [-0.15, -0.1) is 0 Å². The maximum Gasteiger partial charge on any atom is 0.311 e. The highest BCUT2D eigenvalue weighted by Gasteiger charge is 2.33. The van der Waals surface area contributed by atoms with Crippen LogP contribution in [0.15, 0.2) is 0 Å². The highest BCUT2D eigenvalue weighted by Crippen LogP contribution is 2.27. The molecule has 0 aromatic carbocycles. The fraction of sp³-hybridized carbons (Fsp3) is 0.778. The minimum absolute atomic E-state index is 0.0183. The zero-order chi connectivity index (χ0) is 9.78. The van der Waals surface area contributed by atoms with Crippen LogP contribution in [-0.2, 0) is 14.3 Å². The largest absolute Gasteiger partial charge is 0.469 e. The lowest BCUT2D eigenvalue weighted by molar-refractivity contribution is -0.154. The number of ketones is 1. The first-order valence-electron chi connectivity index (χ1n) is 4.04. The van der Waals surface area contributed by atoms with Crippen LogP contribution in [0.4, 0.5) is 0 Å². The first-order valence-corrected chi connectivity index (χ1v) is 4.04. The Morgan fingerprint density at radius 3 is 2.17 bits per heavy atom. The molecular formula is C9H16O3. The molecule has 0 amide bonds. The number of hydrogen-bond acceptors (Lipinski definition) is 3. The average molecular weight is 172 g/mol. The molecule has 0 saturated heterocycles. The third-order valence-corrected chi connectivity index (χ3v) is 2.10. The Hall–Kier alpha value is -0.860. The molecule has 0 aliphatic carbocycles. The minimum atomic E-state index is -0.638. The Morgan fingerprint density at radius 2 is 1.92 bits per heavy atom. The maximum atomic E-state index is 11.2. The van der Waals surface area contributed by atoms with Crippen LogP contribution in [0, 0.1) is 5.41 Å². The first kappa shape index (κ1) is 11.1. The van der Waals surface area contributed by atoms with E-state index in [0.29, 0.717) is 6.42 Å². The van der Waals surface area contributed by atoms with Crippen molar-refractivity contribution in [2.24, 2.45) is 5.41 Å². The molecule has 0 aliphatic rings. The predicted octanol–water partition coefficient (Wildman–Crippen LogP) is 1.55. The van der Waals surface area contributed by atoms with E-state index in [4.69, 9.17) is 0 Å². The second-order valence-corrected chi connectivity index (χ2v) is 3.28. The Labute approximate surface area is 73.1 Å². The Bertz CT molecular complexity index is 186. The lowest BCUT2D eigenvalue weighted by Gasteiger charge is -2.23. The summed E-state index contributed by atoms with van der Waals surface area (Å²) in [6, 6.07) is 0. The molecule has 0 bridgehead atoms. The van der Waals surface area contributed by atoms with Gasteiger partial charge in [-0.2, -0.15) is 0 Å². The third kappa shape index (κ3) is 2.64. The summed E-state index contributed by atoms with van der Waals surface area (Å²) in [6.45, 7) is 5.11. The molecule has 0 fully saturated rings. The highest BCUT2D eigenvalue weighted by molar-refractivity contribution is 5.85. The number of rotatable bonds is 4. The van der Waals surface area contributed by atoms with Gasteiger partial charge in [-0.25, -0.2) is 0 Å². The number of hydrogen-bond donors (Lipinski definition) is 0. The summed E-state index contributed by atoms with van der Waals surface area (Å²) in [5.41, 5.74) is -0.638. The van der Waals surface area contributed by atoms with E-state index in [1.165, 1.54) is 14.0 Å².